The van der Waals surface area contributed by atoms with E-state index in [9.17, 15) is 28.1 Å². The van der Waals surface area contributed by atoms with Crippen LogP contribution in [0.5, 0.6) is 5.75 Å². The molecule has 0 aromatic heterocycles. The van der Waals surface area contributed by atoms with Crippen molar-refractivity contribution >= 4 is 33.2 Å². The van der Waals surface area contributed by atoms with Gasteiger partial charge in [0.1, 0.15) is 18.3 Å². The number of nitro benzene ring substituents is 1. The van der Waals surface area contributed by atoms with E-state index in [0.29, 0.717) is 24.3 Å². The van der Waals surface area contributed by atoms with Gasteiger partial charge >= 0.3 is 0 Å². The summed E-state index contributed by atoms with van der Waals surface area (Å²) in [6.07, 6.45) is 0.295. The average Bonchev–Trinajstić information content (AvgIpc) is 2.96. The Morgan fingerprint density at radius 2 is 1.68 bits per heavy atom. The SMILES string of the molecule is CCNC(=O)[C@@H](CC)N(Cc1ccccc1)C(=O)CN(c1ccc(OC)cc1)S(=O)(=O)c1ccc(C)c([N+](=O)[O-])c1. The number of rotatable bonds is 13. The number of nitro groups is 1. The summed E-state index contributed by atoms with van der Waals surface area (Å²) in [7, 11) is -3.01. The summed E-state index contributed by atoms with van der Waals surface area (Å²) in [6, 6.07) is 17.9. The van der Waals surface area contributed by atoms with Crippen molar-refractivity contribution in [3.63, 3.8) is 0 Å². The van der Waals surface area contributed by atoms with Crippen LogP contribution in [0.25, 0.3) is 0 Å². The van der Waals surface area contributed by atoms with Crippen molar-refractivity contribution in [3.8, 4) is 5.75 Å². The highest BCUT2D eigenvalue weighted by molar-refractivity contribution is 7.92. The number of aryl methyl sites for hydroxylation is 1. The number of benzene rings is 3. The first-order valence-electron chi connectivity index (χ1n) is 13.1. The normalized spacial score (nSPS) is 11.8. The highest BCUT2D eigenvalue weighted by Crippen LogP contribution is 2.29. The first-order valence-corrected chi connectivity index (χ1v) is 14.5. The molecule has 41 heavy (non-hydrogen) atoms. The van der Waals surface area contributed by atoms with Gasteiger partial charge in [-0.15, -0.1) is 0 Å². The Labute approximate surface area is 239 Å². The molecule has 0 spiro atoms. The average molecular weight is 583 g/mol. The lowest BCUT2D eigenvalue weighted by atomic mass is 10.1. The Balaban J connectivity index is 2.11. The van der Waals surface area contributed by atoms with Crippen molar-refractivity contribution in [2.75, 3.05) is 24.5 Å². The summed E-state index contributed by atoms with van der Waals surface area (Å²) < 4.78 is 34.1. The van der Waals surface area contributed by atoms with Crippen molar-refractivity contribution < 1.29 is 27.7 Å². The summed E-state index contributed by atoms with van der Waals surface area (Å²) in [5, 5.41) is 14.3. The van der Waals surface area contributed by atoms with E-state index in [1.54, 1.807) is 26.0 Å². The van der Waals surface area contributed by atoms with E-state index < -0.39 is 33.4 Å². The molecule has 0 bridgehead atoms. The molecule has 0 radical (unpaired) electrons. The first kappa shape index (κ1) is 31.1. The number of methoxy groups -OCH3 is 1. The van der Waals surface area contributed by atoms with Crippen LogP contribution in [-0.2, 0) is 26.2 Å². The summed E-state index contributed by atoms with van der Waals surface area (Å²) >= 11 is 0. The van der Waals surface area contributed by atoms with Crippen molar-refractivity contribution in [2.24, 2.45) is 0 Å². The number of sulfonamides is 1. The molecule has 11 nitrogen and oxygen atoms in total. The Kier molecular flexibility index (Phi) is 10.4. The maximum atomic E-state index is 14.0. The van der Waals surface area contributed by atoms with Crippen molar-refractivity contribution in [2.45, 2.75) is 44.7 Å². The molecule has 0 aliphatic rings. The van der Waals surface area contributed by atoms with Crippen LogP contribution in [0.4, 0.5) is 11.4 Å². The van der Waals surface area contributed by atoms with Crippen molar-refractivity contribution in [3.05, 3.63) is 94.0 Å². The van der Waals surface area contributed by atoms with Gasteiger partial charge in [0.25, 0.3) is 15.7 Å². The number of ether oxygens (including phenoxy) is 1. The van der Waals surface area contributed by atoms with E-state index in [2.05, 4.69) is 5.32 Å². The second-order valence-corrected chi connectivity index (χ2v) is 11.1. The van der Waals surface area contributed by atoms with E-state index >= 15 is 0 Å². The van der Waals surface area contributed by atoms with E-state index in [1.807, 2.05) is 30.3 Å². The summed E-state index contributed by atoms with van der Waals surface area (Å²) in [6.45, 7) is 4.83. The van der Waals surface area contributed by atoms with Gasteiger partial charge in [-0.3, -0.25) is 24.0 Å². The zero-order valence-corrected chi connectivity index (χ0v) is 24.3. The molecule has 3 aromatic rings. The third kappa shape index (κ3) is 7.40. The second-order valence-electron chi connectivity index (χ2n) is 9.24. The van der Waals surface area contributed by atoms with E-state index in [0.717, 1.165) is 15.9 Å². The van der Waals surface area contributed by atoms with Crippen LogP contribution in [-0.4, -0.2) is 56.3 Å². The van der Waals surface area contributed by atoms with Gasteiger partial charge in [0, 0.05) is 24.7 Å². The number of likely N-dealkylation sites (N-methyl/N-ethyl adjacent to an activating group) is 1. The molecule has 0 aliphatic heterocycles. The minimum Gasteiger partial charge on any atom is -0.497 e. The van der Waals surface area contributed by atoms with Gasteiger partial charge < -0.3 is 15.0 Å². The fourth-order valence-corrected chi connectivity index (χ4v) is 5.78. The Bertz CT molecular complexity index is 1480. The molecule has 0 unspecified atom stereocenters. The molecular formula is C29H34N4O7S. The number of carbonyl (C=O) groups excluding carboxylic acids is 2. The quantitative estimate of drug-likeness (QED) is 0.237. The highest BCUT2D eigenvalue weighted by Gasteiger charge is 2.34. The molecule has 1 atom stereocenters. The van der Waals surface area contributed by atoms with Gasteiger partial charge in [-0.2, -0.15) is 0 Å². The molecule has 3 aromatic carbocycles. The molecule has 0 saturated heterocycles. The lowest BCUT2D eigenvalue weighted by Gasteiger charge is -2.33. The maximum absolute atomic E-state index is 14.0. The third-order valence-electron chi connectivity index (χ3n) is 6.54. The Morgan fingerprint density at radius 3 is 2.24 bits per heavy atom. The predicted molar refractivity (Wildman–Crippen MR) is 155 cm³/mol. The molecule has 218 valence electrons. The van der Waals surface area contributed by atoms with Crippen molar-refractivity contribution in [1.29, 1.82) is 0 Å². The highest BCUT2D eigenvalue weighted by atomic mass is 32.2. The zero-order chi connectivity index (χ0) is 30.2. The number of hydrogen-bond donors (Lipinski definition) is 1. The lowest BCUT2D eigenvalue weighted by molar-refractivity contribution is -0.385. The molecule has 1 N–H and O–H groups in total. The summed E-state index contributed by atoms with van der Waals surface area (Å²) in [4.78, 5) is 38.9. The minimum absolute atomic E-state index is 0.0712. The zero-order valence-electron chi connectivity index (χ0n) is 23.4. The first-order chi connectivity index (χ1) is 19.5. The van der Waals surface area contributed by atoms with Crippen molar-refractivity contribution in [1.82, 2.24) is 10.2 Å². The van der Waals surface area contributed by atoms with Gasteiger partial charge in [-0.1, -0.05) is 43.3 Å². The molecule has 3 rings (SSSR count). The Morgan fingerprint density at radius 1 is 1.02 bits per heavy atom. The largest absolute Gasteiger partial charge is 0.497 e. The van der Waals surface area contributed by atoms with Crippen LogP contribution in [0, 0.1) is 17.0 Å². The molecule has 0 aliphatic carbocycles. The maximum Gasteiger partial charge on any atom is 0.273 e. The van der Waals surface area contributed by atoms with Crippen LogP contribution >= 0.6 is 0 Å². The summed E-state index contributed by atoms with van der Waals surface area (Å²) in [5.41, 5.74) is 0.840. The number of nitrogens with one attached hydrogen (secondary N) is 1. The number of nitrogens with zero attached hydrogens (tertiary/aromatic N) is 3. The topological polar surface area (TPSA) is 139 Å². The van der Waals surface area contributed by atoms with Gasteiger partial charge in [-0.25, -0.2) is 8.42 Å². The van der Waals surface area contributed by atoms with Crippen LogP contribution in [0.15, 0.2) is 77.7 Å². The van der Waals surface area contributed by atoms with E-state index in [-0.39, 0.29) is 28.7 Å². The van der Waals surface area contributed by atoms with Gasteiger partial charge in [0.2, 0.25) is 11.8 Å². The molecule has 0 heterocycles. The molecule has 12 heteroatoms. The van der Waals surface area contributed by atoms with Crippen LogP contribution in [0.2, 0.25) is 0 Å². The Hall–Kier alpha value is -4.45. The monoisotopic (exact) mass is 582 g/mol. The van der Waals surface area contributed by atoms with Crippen LogP contribution < -0.4 is 14.4 Å². The smallest absolute Gasteiger partial charge is 0.273 e. The third-order valence-corrected chi connectivity index (χ3v) is 8.31. The fourth-order valence-electron chi connectivity index (χ4n) is 4.34. The molecule has 0 saturated carbocycles. The van der Waals surface area contributed by atoms with Gasteiger partial charge in [-0.05, 0) is 56.2 Å². The van der Waals surface area contributed by atoms with E-state index in [4.69, 9.17) is 4.74 Å². The number of amides is 2. The lowest BCUT2D eigenvalue weighted by Crippen LogP contribution is -2.52. The minimum atomic E-state index is -4.47. The standard InChI is InChI=1S/C29H34N4O7S/c1-5-26(29(35)30-6-2)31(19-22-10-8-7-9-11-22)28(34)20-32(23-13-15-24(40-4)16-14-23)41(38,39)25-17-12-21(3)27(18-25)33(36)37/h7-18,26H,5-6,19-20H2,1-4H3,(H,30,35)/t26-/m1/s1. The predicted octanol–water partition coefficient (Wildman–Crippen LogP) is 4.05. The number of hydrogen-bond acceptors (Lipinski definition) is 7. The number of anilines is 1. The molecule has 0 fully saturated rings. The number of carbonyl (C=O) groups is 2. The van der Waals surface area contributed by atoms with Gasteiger partial charge in [0.05, 0.1) is 22.6 Å². The summed E-state index contributed by atoms with van der Waals surface area (Å²) in [5.74, 6) is -0.503. The fraction of sp³-hybridized carbons (Fsp3) is 0.310. The molecule has 2 amide bonds. The molecular weight excluding hydrogens is 548 g/mol. The van der Waals surface area contributed by atoms with Gasteiger partial charge in [0.15, 0.2) is 0 Å². The second kappa shape index (κ2) is 13.8. The van der Waals surface area contributed by atoms with Crippen LogP contribution in [0.1, 0.15) is 31.4 Å². The van der Waals surface area contributed by atoms with Crippen LogP contribution in [0.3, 0.4) is 0 Å². The van der Waals surface area contributed by atoms with E-state index in [1.165, 1.54) is 43.2 Å².